The highest BCUT2D eigenvalue weighted by molar-refractivity contribution is 7.08. The number of rotatable bonds is 2. The molecular formula is C18H21F3N2S. The first-order valence-electron chi connectivity index (χ1n) is 8.47. The van der Waals surface area contributed by atoms with Crippen molar-refractivity contribution in [1.82, 2.24) is 4.90 Å². The molecule has 1 fully saturated rings. The first kappa shape index (κ1) is 16.4. The standard InChI is InChI=1S/C18H21F3N2S/c19-15-5-17(21)16(20)4-14(15)13-2-1-12(3-18(13)22)23-6-10-8-24-9-11(10)7-23/h5,8-9,12-14,18H,1-4,6-7,22H2/t12-,13+,14?,18?/m0/s1. The lowest BCUT2D eigenvalue weighted by Crippen LogP contribution is -2.47. The second-order valence-corrected chi connectivity index (χ2v) is 7.96. The topological polar surface area (TPSA) is 29.3 Å². The van der Waals surface area contributed by atoms with E-state index in [2.05, 4.69) is 15.7 Å². The predicted octanol–water partition coefficient (Wildman–Crippen LogP) is 4.58. The second kappa shape index (κ2) is 6.32. The summed E-state index contributed by atoms with van der Waals surface area (Å²) >= 11 is 1.74. The van der Waals surface area contributed by atoms with Crippen LogP contribution in [0.1, 0.15) is 36.8 Å². The van der Waals surface area contributed by atoms with E-state index >= 15 is 0 Å². The van der Waals surface area contributed by atoms with Crippen molar-refractivity contribution in [3.05, 3.63) is 45.4 Å². The van der Waals surface area contributed by atoms with Crippen LogP contribution in [-0.2, 0) is 13.1 Å². The summed E-state index contributed by atoms with van der Waals surface area (Å²) in [4.78, 5) is 2.45. The summed E-state index contributed by atoms with van der Waals surface area (Å²) in [5.41, 5.74) is 9.14. The van der Waals surface area contributed by atoms with E-state index < -0.39 is 23.4 Å². The number of nitrogens with two attached hydrogens (primary N) is 1. The van der Waals surface area contributed by atoms with Gasteiger partial charge in [0.2, 0.25) is 0 Å². The molecule has 4 atom stereocenters. The number of thiophene rings is 1. The molecule has 0 bridgehead atoms. The van der Waals surface area contributed by atoms with Crippen LogP contribution in [0.2, 0.25) is 0 Å². The third-order valence-electron chi connectivity index (χ3n) is 5.82. The number of hydrogen-bond acceptors (Lipinski definition) is 3. The van der Waals surface area contributed by atoms with Gasteiger partial charge in [0, 0.05) is 43.6 Å². The predicted molar refractivity (Wildman–Crippen MR) is 89.2 cm³/mol. The Labute approximate surface area is 143 Å². The van der Waals surface area contributed by atoms with Gasteiger partial charge in [-0.15, -0.1) is 0 Å². The van der Waals surface area contributed by atoms with Crippen LogP contribution >= 0.6 is 11.3 Å². The molecule has 1 aromatic rings. The van der Waals surface area contributed by atoms with Crippen LogP contribution < -0.4 is 5.73 Å². The van der Waals surface area contributed by atoms with E-state index in [1.54, 1.807) is 11.3 Å². The first-order valence-corrected chi connectivity index (χ1v) is 9.42. The van der Waals surface area contributed by atoms with Gasteiger partial charge in [0.05, 0.1) is 0 Å². The van der Waals surface area contributed by atoms with Crippen molar-refractivity contribution in [2.75, 3.05) is 0 Å². The molecule has 0 radical (unpaired) electrons. The smallest absolute Gasteiger partial charge is 0.157 e. The second-order valence-electron chi connectivity index (χ2n) is 7.21. The summed E-state index contributed by atoms with van der Waals surface area (Å²) < 4.78 is 40.9. The maximum Gasteiger partial charge on any atom is 0.157 e. The minimum absolute atomic E-state index is 0.118. The quantitative estimate of drug-likeness (QED) is 0.842. The van der Waals surface area contributed by atoms with E-state index in [1.165, 1.54) is 11.1 Å². The fourth-order valence-electron chi connectivity index (χ4n) is 4.47. The van der Waals surface area contributed by atoms with Crippen LogP contribution in [0.3, 0.4) is 0 Å². The Morgan fingerprint density at radius 2 is 1.79 bits per heavy atom. The van der Waals surface area contributed by atoms with Crippen molar-refractivity contribution < 1.29 is 13.2 Å². The molecule has 4 rings (SSSR count). The van der Waals surface area contributed by atoms with Gasteiger partial charge in [0.25, 0.3) is 0 Å². The Kier molecular flexibility index (Phi) is 4.31. The van der Waals surface area contributed by atoms with Gasteiger partial charge in [-0.25, -0.2) is 13.2 Å². The van der Waals surface area contributed by atoms with E-state index in [4.69, 9.17) is 5.73 Å². The number of fused-ring (bicyclic) bond motifs is 1. The fraction of sp³-hybridized carbons (Fsp3) is 0.556. The molecule has 0 amide bonds. The molecule has 0 saturated heterocycles. The lowest BCUT2D eigenvalue weighted by atomic mass is 9.72. The number of hydrogen-bond donors (Lipinski definition) is 1. The van der Waals surface area contributed by atoms with Crippen LogP contribution in [0, 0.1) is 11.8 Å². The number of halogens is 3. The van der Waals surface area contributed by atoms with Gasteiger partial charge in [-0.3, -0.25) is 4.90 Å². The van der Waals surface area contributed by atoms with Crippen LogP contribution in [0.25, 0.3) is 0 Å². The Bertz CT molecular complexity index is 676. The van der Waals surface area contributed by atoms with Crippen LogP contribution in [-0.4, -0.2) is 17.0 Å². The Balaban J connectivity index is 1.41. The molecular weight excluding hydrogens is 333 g/mol. The minimum atomic E-state index is -1.07. The molecule has 6 heteroatoms. The van der Waals surface area contributed by atoms with E-state index in [9.17, 15) is 13.2 Å². The molecule has 130 valence electrons. The summed E-state index contributed by atoms with van der Waals surface area (Å²) in [5, 5.41) is 4.40. The van der Waals surface area contributed by atoms with E-state index in [-0.39, 0.29) is 18.4 Å². The zero-order chi connectivity index (χ0) is 16.8. The molecule has 1 aliphatic heterocycles. The van der Waals surface area contributed by atoms with Gasteiger partial charge >= 0.3 is 0 Å². The molecule has 2 nitrogen and oxygen atoms in total. The molecule has 1 aromatic heterocycles. The van der Waals surface area contributed by atoms with Gasteiger partial charge in [-0.1, -0.05) is 0 Å². The molecule has 3 aliphatic rings. The molecule has 24 heavy (non-hydrogen) atoms. The molecule has 0 spiro atoms. The summed E-state index contributed by atoms with van der Waals surface area (Å²) in [6.07, 6.45) is 2.98. The molecule has 1 saturated carbocycles. The third-order valence-corrected chi connectivity index (χ3v) is 6.66. The average Bonchev–Trinajstić information content (AvgIpc) is 3.13. The van der Waals surface area contributed by atoms with Crippen molar-refractivity contribution in [3.8, 4) is 0 Å². The molecule has 2 N–H and O–H groups in total. The Morgan fingerprint density at radius 1 is 1.08 bits per heavy atom. The zero-order valence-electron chi connectivity index (χ0n) is 13.4. The van der Waals surface area contributed by atoms with Gasteiger partial charge < -0.3 is 5.73 Å². The maximum absolute atomic E-state index is 14.1. The fourth-order valence-corrected chi connectivity index (χ4v) is 5.31. The van der Waals surface area contributed by atoms with E-state index in [0.29, 0.717) is 12.1 Å². The number of allylic oxidation sites excluding steroid dienone is 4. The van der Waals surface area contributed by atoms with Gasteiger partial charge in [-0.05, 0) is 47.1 Å². The average molecular weight is 354 g/mol. The first-order chi connectivity index (χ1) is 11.5. The maximum atomic E-state index is 14.1. The van der Waals surface area contributed by atoms with Gasteiger partial charge in [-0.2, -0.15) is 11.3 Å². The summed E-state index contributed by atoms with van der Waals surface area (Å²) in [7, 11) is 0. The van der Waals surface area contributed by atoms with Gasteiger partial charge in [0.15, 0.2) is 5.83 Å². The SMILES string of the molecule is NC1C[C@@H](N2Cc3cscc3C2)CC[C@@H]1C1CC(F)=C(F)C=C1F. The Morgan fingerprint density at radius 3 is 2.46 bits per heavy atom. The van der Waals surface area contributed by atoms with Crippen LogP contribution in [0.5, 0.6) is 0 Å². The summed E-state index contributed by atoms with van der Waals surface area (Å²) in [6, 6.07) is 0.209. The summed E-state index contributed by atoms with van der Waals surface area (Å²) in [5.74, 6) is -3.21. The lowest BCUT2D eigenvalue weighted by Gasteiger charge is -2.41. The van der Waals surface area contributed by atoms with Crippen molar-refractivity contribution in [3.63, 3.8) is 0 Å². The number of nitrogens with zero attached hydrogens (tertiary/aromatic N) is 1. The van der Waals surface area contributed by atoms with Gasteiger partial charge in [0.1, 0.15) is 11.7 Å². The molecule has 2 aliphatic carbocycles. The molecule has 2 unspecified atom stereocenters. The monoisotopic (exact) mass is 354 g/mol. The van der Waals surface area contributed by atoms with Crippen LogP contribution in [0.15, 0.2) is 34.3 Å². The minimum Gasteiger partial charge on any atom is -0.327 e. The van der Waals surface area contributed by atoms with Crippen molar-refractivity contribution >= 4 is 11.3 Å². The molecule has 0 aromatic carbocycles. The lowest BCUT2D eigenvalue weighted by molar-refractivity contribution is 0.0994. The highest BCUT2D eigenvalue weighted by atomic mass is 32.1. The van der Waals surface area contributed by atoms with Crippen LogP contribution in [0.4, 0.5) is 13.2 Å². The highest BCUT2D eigenvalue weighted by Crippen LogP contribution is 2.43. The normalized spacial score (nSPS) is 34.4. The highest BCUT2D eigenvalue weighted by Gasteiger charge is 2.40. The summed E-state index contributed by atoms with van der Waals surface area (Å²) in [6.45, 7) is 1.92. The third kappa shape index (κ3) is 2.85. The van der Waals surface area contributed by atoms with Crippen molar-refractivity contribution in [2.24, 2.45) is 17.6 Å². The van der Waals surface area contributed by atoms with Crippen molar-refractivity contribution in [1.29, 1.82) is 0 Å². The van der Waals surface area contributed by atoms with Crippen molar-refractivity contribution in [2.45, 2.75) is 50.9 Å². The van der Waals surface area contributed by atoms with E-state index in [0.717, 1.165) is 32.4 Å². The zero-order valence-corrected chi connectivity index (χ0v) is 14.2. The largest absolute Gasteiger partial charge is 0.327 e. The molecule has 2 heterocycles. The Hall–Kier alpha value is -1.11. The van der Waals surface area contributed by atoms with E-state index in [1.807, 2.05) is 0 Å².